The van der Waals surface area contributed by atoms with Gasteiger partial charge in [-0.15, -0.1) is 0 Å². The van der Waals surface area contributed by atoms with Crippen molar-refractivity contribution in [3.63, 3.8) is 0 Å². The summed E-state index contributed by atoms with van der Waals surface area (Å²) >= 11 is 0. The number of piperazine rings is 1. The van der Waals surface area contributed by atoms with Gasteiger partial charge in [-0.3, -0.25) is 9.59 Å². The summed E-state index contributed by atoms with van der Waals surface area (Å²) in [5, 5.41) is 2.83. The third kappa shape index (κ3) is 2.31. The molecule has 1 heterocycles. The number of nitrogens with zero attached hydrogens (tertiary/aromatic N) is 1. The van der Waals surface area contributed by atoms with Crippen molar-refractivity contribution >= 4 is 11.8 Å². The summed E-state index contributed by atoms with van der Waals surface area (Å²) in [5.41, 5.74) is 0. The molecule has 17 heavy (non-hydrogen) atoms. The molecular weight excluding hydrogens is 216 g/mol. The topological polar surface area (TPSA) is 49.4 Å². The number of rotatable bonds is 4. The molecule has 1 aliphatic heterocycles. The summed E-state index contributed by atoms with van der Waals surface area (Å²) in [6.45, 7) is 4.69. The van der Waals surface area contributed by atoms with Crippen molar-refractivity contribution in [1.82, 2.24) is 10.2 Å². The van der Waals surface area contributed by atoms with Gasteiger partial charge in [-0.25, -0.2) is 0 Å². The van der Waals surface area contributed by atoms with E-state index in [4.69, 9.17) is 0 Å². The van der Waals surface area contributed by atoms with Gasteiger partial charge >= 0.3 is 0 Å². The van der Waals surface area contributed by atoms with Crippen LogP contribution in [0.2, 0.25) is 0 Å². The quantitative estimate of drug-likeness (QED) is 0.802. The number of carbonyl (C=O) groups excluding carboxylic acids is 2. The van der Waals surface area contributed by atoms with Gasteiger partial charge in [0.1, 0.15) is 12.1 Å². The molecule has 4 nitrogen and oxygen atoms in total. The van der Waals surface area contributed by atoms with E-state index in [0.29, 0.717) is 18.8 Å². The van der Waals surface area contributed by atoms with Crippen LogP contribution in [0.25, 0.3) is 0 Å². The highest BCUT2D eigenvalue weighted by Crippen LogP contribution is 2.29. The SMILES string of the molecule is CCC1NC(=O)C(CC)N(CC2CCC2)C1=O. The molecule has 2 unspecified atom stereocenters. The van der Waals surface area contributed by atoms with Gasteiger partial charge in [-0.05, 0) is 31.6 Å². The molecule has 2 amide bonds. The van der Waals surface area contributed by atoms with Crippen molar-refractivity contribution in [2.75, 3.05) is 6.54 Å². The van der Waals surface area contributed by atoms with E-state index in [0.717, 1.165) is 6.54 Å². The lowest BCUT2D eigenvalue weighted by Gasteiger charge is -2.41. The van der Waals surface area contributed by atoms with Crippen molar-refractivity contribution in [3.8, 4) is 0 Å². The van der Waals surface area contributed by atoms with Crippen molar-refractivity contribution < 1.29 is 9.59 Å². The Morgan fingerprint density at radius 2 is 1.94 bits per heavy atom. The van der Waals surface area contributed by atoms with Gasteiger partial charge in [0.05, 0.1) is 0 Å². The first-order valence-corrected chi connectivity index (χ1v) is 6.78. The molecule has 0 spiro atoms. The number of amides is 2. The summed E-state index contributed by atoms with van der Waals surface area (Å²) in [7, 11) is 0. The average Bonchev–Trinajstić information content (AvgIpc) is 2.27. The van der Waals surface area contributed by atoms with Crippen LogP contribution in [-0.4, -0.2) is 35.3 Å². The molecule has 2 atom stereocenters. The van der Waals surface area contributed by atoms with Crippen LogP contribution in [0, 0.1) is 5.92 Å². The molecule has 0 radical (unpaired) electrons. The Balaban J connectivity index is 2.09. The van der Waals surface area contributed by atoms with E-state index in [1.165, 1.54) is 19.3 Å². The van der Waals surface area contributed by atoms with Crippen molar-refractivity contribution in [2.24, 2.45) is 5.92 Å². The zero-order valence-electron chi connectivity index (χ0n) is 10.7. The van der Waals surface area contributed by atoms with Crippen LogP contribution in [0.4, 0.5) is 0 Å². The second-order valence-electron chi connectivity index (χ2n) is 5.18. The molecule has 2 fully saturated rings. The minimum Gasteiger partial charge on any atom is -0.343 e. The summed E-state index contributed by atoms with van der Waals surface area (Å²) in [6.07, 6.45) is 5.08. The lowest BCUT2D eigenvalue weighted by atomic mass is 9.84. The fourth-order valence-corrected chi connectivity index (χ4v) is 2.68. The van der Waals surface area contributed by atoms with E-state index in [1.807, 2.05) is 18.7 Å². The Hall–Kier alpha value is -1.06. The van der Waals surface area contributed by atoms with Crippen LogP contribution in [-0.2, 0) is 9.59 Å². The Morgan fingerprint density at radius 3 is 2.41 bits per heavy atom. The van der Waals surface area contributed by atoms with Crippen LogP contribution in [0.5, 0.6) is 0 Å². The van der Waals surface area contributed by atoms with Gasteiger partial charge in [0.2, 0.25) is 11.8 Å². The molecule has 0 aromatic rings. The van der Waals surface area contributed by atoms with Crippen LogP contribution in [0.15, 0.2) is 0 Å². The number of nitrogens with one attached hydrogen (secondary N) is 1. The molecule has 1 saturated heterocycles. The van der Waals surface area contributed by atoms with Gasteiger partial charge in [0, 0.05) is 6.54 Å². The third-order valence-electron chi connectivity index (χ3n) is 4.05. The lowest BCUT2D eigenvalue weighted by Crippen LogP contribution is -2.63. The lowest BCUT2D eigenvalue weighted by molar-refractivity contribution is -0.150. The molecular formula is C13H22N2O2. The predicted molar refractivity (Wildman–Crippen MR) is 65.4 cm³/mol. The van der Waals surface area contributed by atoms with Gasteiger partial charge in [0.15, 0.2) is 0 Å². The molecule has 2 rings (SSSR count). The van der Waals surface area contributed by atoms with Gasteiger partial charge < -0.3 is 10.2 Å². The van der Waals surface area contributed by atoms with Crippen molar-refractivity contribution in [1.29, 1.82) is 0 Å². The van der Waals surface area contributed by atoms with Crippen molar-refractivity contribution in [2.45, 2.75) is 58.0 Å². The Kier molecular flexibility index (Phi) is 3.69. The normalized spacial score (nSPS) is 30.1. The molecule has 0 aromatic heterocycles. The first-order valence-electron chi connectivity index (χ1n) is 6.78. The molecule has 0 aromatic carbocycles. The molecule has 1 N–H and O–H groups in total. The monoisotopic (exact) mass is 238 g/mol. The summed E-state index contributed by atoms with van der Waals surface area (Å²) < 4.78 is 0. The molecule has 2 aliphatic rings. The fourth-order valence-electron chi connectivity index (χ4n) is 2.68. The van der Waals surface area contributed by atoms with E-state index in [9.17, 15) is 9.59 Å². The van der Waals surface area contributed by atoms with Crippen molar-refractivity contribution in [3.05, 3.63) is 0 Å². The van der Waals surface area contributed by atoms with Gasteiger partial charge in [-0.2, -0.15) is 0 Å². The van der Waals surface area contributed by atoms with E-state index >= 15 is 0 Å². The van der Waals surface area contributed by atoms with Crippen LogP contribution in [0.3, 0.4) is 0 Å². The first-order chi connectivity index (χ1) is 8.17. The van der Waals surface area contributed by atoms with Gasteiger partial charge in [0.25, 0.3) is 0 Å². The first kappa shape index (κ1) is 12.4. The number of carbonyl (C=O) groups is 2. The van der Waals surface area contributed by atoms with E-state index in [-0.39, 0.29) is 23.9 Å². The Labute approximate surface area is 103 Å². The highest BCUT2D eigenvalue weighted by atomic mass is 16.2. The Bertz CT molecular complexity index is 313. The largest absolute Gasteiger partial charge is 0.343 e. The summed E-state index contributed by atoms with van der Waals surface area (Å²) in [5.74, 6) is 0.764. The standard InChI is InChI=1S/C13H22N2O2/c1-3-10-13(17)15(8-9-6-5-7-9)11(4-2)12(16)14-10/h9-11H,3-8H2,1-2H3,(H,14,16). The molecule has 1 saturated carbocycles. The second-order valence-corrected chi connectivity index (χ2v) is 5.18. The summed E-state index contributed by atoms with van der Waals surface area (Å²) in [4.78, 5) is 26.0. The minimum absolute atomic E-state index is 0.0262. The number of hydrogen-bond acceptors (Lipinski definition) is 2. The molecule has 4 heteroatoms. The molecule has 96 valence electrons. The smallest absolute Gasteiger partial charge is 0.245 e. The minimum atomic E-state index is -0.301. The van der Waals surface area contributed by atoms with Crippen LogP contribution >= 0.6 is 0 Å². The van der Waals surface area contributed by atoms with Crippen LogP contribution in [0.1, 0.15) is 46.0 Å². The third-order valence-corrected chi connectivity index (χ3v) is 4.05. The maximum absolute atomic E-state index is 12.3. The fraction of sp³-hybridized carbons (Fsp3) is 0.846. The van der Waals surface area contributed by atoms with Gasteiger partial charge in [-0.1, -0.05) is 20.3 Å². The Morgan fingerprint density at radius 1 is 1.24 bits per heavy atom. The molecule has 1 aliphatic carbocycles. The van der Waals surface area contributed by atoms with E-state index in [2.05, 4.69) is 5.32 Å². The zero-order valence-corrected chi connectivity index (χ0v) is 10.7. The predicted octanol–water partition coefficient (Wildman–Crippen LogP) is 1.30. The highest BCUT2D eigenvalue weighted by Gasteiger charge is 2.40. The van der Waals surface area contributed by atoms with E-state index in [1.54, 1.807) is 0 Å². The summed E-state index contributed by atoms with van der Waals surface area (Å²) in [6, 6.07) is -0.545. The van der Waals surface area contributed by atoms with E-state index < -0.39 is 0 Å². The maximum atomic E-state index is 12.3. The highest BCUT2D eigenvalue weighted by molar-refractivity contribution is 5.96. The number of hydrogen-bond donors (Lipinski definition) is 1. The second kappa shape index (κ2) is 5.07. The zero-order chi connectivity index (χ0) is 12.4. The average molecular weight is 238 g/mol. The maximum Gasteiger partial charge on any atom is 0.245 e. The van der Waals surface area contributed by atoms with Crippen LogP contribution < -0.4 is 5.32 Å². The molecule has 0 bridgehead atoms.